The molecule has 3 rings (SSSR count). The summed E-state index contributed by atoms with van der Waals surface area (Å²) in [6, 6.07) is 9.32. The van der Waals surface area contributed by atoms with Gasteiger partial charge in [0.25, 0.3) is 0 Å². The number of aliphatic hydroxyl groups excluding tert-OH is 2. The van der Waals surface area contributed by atoms with Crippen molar-refractivity contribution in [2.75, 3.05) is 29.9 Å². The van der Waals surface area contributed by atoms with Gasteiger partial charge in [0.05, 0.1) is 24.1 Å². The highest BCUT2D eigenvalue weighted by Crippen LogP contribution is 2.37. The van der Waals surface area contributed by atoms with Crippen LogP contribution in [0.2, 0.25) is 5.02 Å². The highest BCUT2D eigenvalue weighted by molar-refractivity contribution is 6.33. The summed E-state index contributed by atoms with van der Waals surface area (Å²) in [6.45, 7) is 4.50. The second-order valence-electron chi connectivity index (χ2n) is 7.54. The van der Waals surface area contributed by atoms with E-state index in [1.165, 1.54) is 0 Å². The van der Waals surface area contributed by atoms with Gasteiger partial charge in [0.1, 0.15) is 5.82 Å². The summed E-state index contributed by atoms with van der Waals surface area (Å²) in [4.78, 5) is 20.5. The maximum atomic E-state index is 12.6. The number of piperidine rings is 1. The standard InChI is InChI=1S/C21H26ClN3O3/c1-13(2)21(28)24(3)19-10-23-20(25-11-14(26)8-15(27)12-25)9-17(19)16-6-4-5-7-18(16)22/h4-7,9-10,13-15,26-27H,8,11-12H2,1-3H3. The largest absolute Gasteiger partial charge is 0.391 e. The minimum absolute atomic E-state index is 0.0216. The van der Waals surface area contributed by atoms with Gasteiger partial charge in [-0.3, -0.25) is 4.79 Å². The minimum Gasteiger partial charge on any atom is -0.391 e. The van der Waals surface area contributed by atoms with E-state index in [9.17, 15) is 15.0 Å². The summed E-state index contributed by atoms with van der Waals surface area (Å²) >= 11 is 6.44. The SMILES string of the molecule is CC(C)C(=O)N(C)c1cnc(N2CC(O)CC(O)C2)cc1-c1ccccc1Cl. The van der Waals surface area contributed by atoms with E-state index in [1.54, 1.807) is 24.2 Å². The van der Waals surface area contributed by atoms with Gasteiger partial charge in [-0.15, -0.1) is 0 Å². The molecule has 2 heterocycles. The van der Waals surface area contributed by atoms with Crippen LogP contribution in [0.1, 0.15) is 20.3 Å². The fourth-order valence-corrected chi connectivity index (χ4v) is 3.75. The van der Waals surface area contributed by atoms with Gasteiger partial charge in [-0.25, -0.2) is 4.98 Å². The van der Waals surface area contributed by atoms with E-state index < -0.39 is 12.2 Å². The van der Waals surface area contributed by atoms with E-state index >= 15 is 0 Å². The number of aliphatic hydroxyl groups is 2. The molecule has 0 saturated carbocycles. The summed E-state index contributed by atoms with van der Waals surface area (Å²) in [5, 5.41) is 20.6. The maximum Gasteiger partial charge on any atom is 0.229 e. The van der Waals surface area contributed by atoms with Crippen molar-refractivity contribution < 1.29 is 15.0 Å². The van der Waals surface area contributed by atoms with Crippen LogP contribution in [0.15, 0.2) is 36.5 Å². The molecule has 150 valence electrons. The molecule has 2 N–H and O–H groups in total. The lowest BCUT2D eigenvalue weighted by atomic mass is 10.0. The Bertz CT molecular complexity index is 849. The van der Waals surface area contributed by atoms with Crippen LogP contribution in [0.4, 0.5) is 11.5 Å². The molecule has 6 nitrogen and oxygen atoms in total. The number of carbonyl (C=O) groups is 1. The Morgan fingerprint density at radius 1 is 1.21 bits per heavy atom. The average Bonchev–Trinajstić information content (AvgIpc) is 2.66. The predicted octanol–water partition coefficient (Wildman–Crippen LogP) is 2.95. The third-order valence-electron chi connectivity index (χ3n) is 4.95. The van der Waals surface area contributed by atoms with Gasteiger partial charge in [-0.05, 0) is 12.1 Å². The number of benzene rings is 1. The van der Waals surface area contributed by atoms with Gasteiger partial charge >= 0.3 is 0 Å². The summed E-state index contributed by atoms with van der Waals surface area (Å²) in [6.07, 6.45) is 0.789. The summed E-state index contributed by atoms with van der Waals surface area (Å²) in [7, 11) is 1.73. The first-order valence-electron chi connectivity index (χ1n) is 9.41. The first-order chi connectivity index (χ1) is 13.3. The Labute approximate surface area is 170 Å². The van der Waals surface area contributed by atoms with Crippen molar-refractivity contribution in [3.63, 3.8) is 0 Å². The zero-order valence-corrected chi connectivity index (χ0v) is 17.1. The zero-order valence-electron chi connectivity index (χ0n) is 16.3. The highest BCUT2D eigenvalue weighted by Gasteiger charge is 2.27. The second-order valence-corrected chi connectivity index (χ2v) is 7.95. The predicted molar refractivity (Wildman–Crippen MR) is 112 cm³/mol. The van der Waals surface area contributed by atoms with Gasteiger partial charge in [-0.2, -0.15) is 0 Å². The molecule has 2 aromatic rings. The lowest BCUT2D eigenvalue weighted by molar-refractivity contribution is -0.121. The van der Waals surface area contributed by atoms with Crippen LogP contribution in [0.25, 0.3) is 11.1 Å². The molecular formula is C21H26ClN3O3. The normalized spacial score (nSPS) is 19.8. The molecule has 2 unspecified atom stereocenters. The van der Waals surface area contributed by atoms with E-state index in [0.29, 0.717) is 36.0 Å². The number of pyridine rings is 1. The fourth-order valence-electron chi connectivity index (χ4n) is 3.51. The monoisotopic (exact) mass is 403 g/mol. The molecule has 1 amide bonds. The zero-order chi connectivity index (χ0) is 20.4. The number of carbonyl (C=O) groups excluding carboxylic acids is 1. The Hall–Kier alpha value is -2.15. The number of hydrogen-bond donors (Lipinski definition) is 2. The fraction of sp³-hybridized carbons (Fsp3) is 0.429. The van der Waals surface area contributed by atoms with Gasteiger partial charge < -0.3 is 20.0 Å². The highest BCUT2D eigenvalue weighted by atomic mass is 35.5. The quantitative estimate of drug-likeness (QED) is 0.820. The van der Waals surface area contributed by atoms with Crippen LogP contribution in [-0.2, 0) is 4.79 Å². The van der Waals surface area contributed by atoms with Crippen molar-refractivity contribution in [2.45, 2.75) is 32.5 Å². The number of amides is 1. The third kappa shape index (κ3) is 4.29. The van der Waals surface area contributed by atoms with E-state index in [1.807, 2.05) is 43.0 Å². The molecule has 2 atom stereocenters. The van der Waals surface area contributed by atoms with Gasteiger partial charge in [0, 0.05) is 48.6 Å². The number of aromatic nitrogens is 1. The maximum absolute atomic E-state index is 12.6. The van der Waals surface area contributed by atoms with Crippen molar-refractivity contribution in [1.29, 1.82) is 0 Å². The molecule has 7 heteroatoms. The molecule has 1 fully saturated rings. The lowest BCUT2D eigenvalue weighted by Gasteiger charge is -2.34. The number of anilines is 2. The Kier molecular flexibility index (Phi) is 6.23. The van der Waals surface area contributed by atoms with Crippen LogP contribution in [0.5, 0.6) is 0 Å². The summed E-state index contributed by atoms with van der Waals surface area (Å²) < 4.78 is 0. The van der Waals surface area contributed by atoms with E-state index in [2.05, 4.69) is 4.98 Å². The van der Waals surface area contributed by atoms with Crippen LogP contribution >= 0.6 is 11.6 Å². The van der Waals surface area contributed by atoms with Crippen LogP contribution in [-0.4, -0.2) is 53.4 Å². The molecule has 0 spiro atoms. The average molecular weight is 404 g/mol. The lowest BCUT2D eigenvalue weighted by Crippen LogP contribution is -2.46. The van der Waals surface area contributed by atoms with Crippen molar-refractivity contribution in [3.8, 4) is 11.1 Å². The van der Waals surface area contributed by atoms with Crippen molar-refractivity contribution in [2.24, 2.45) is 5.92 Å². The Balaban J connectivity index is 2.08. The van der Waals surface area contributed by atoms with Gasteiger partial charge in [-0.1, -0.05) is 43.6 Å². The van der Waals surface area contributed by atoms with Crippen LogP contribution in [0, 0.1) is 5.92 Å². The summed E-state index contributed by atoms with van der Waals surface area (Å²) in [5.74, 6) is 0.449. The molecule has 28 heavy (non-hydrogen) atoms. The van der Waals surface area contributed by atoms with E-state index in [0.717, 1.165) is 11.1 Å². The molecule has 1 aromatic carbocycles. The second kappa shape index (κ2) is 8.47. The summed E-state index contributed by atoms with van der Waals surface area (Å²) in [5.41, 5.74) is 2.24. The van der Waals surface area contributed by atoms with Crippen molar-refractivity contribution >= 4 is 29.0 Å². The molecule has 0 radical (unpaired) electrons. The van der Waals surface area contributed by atoms with Crippen molar-refractivity contribution in [1.82, 2.24) is 4.98 Å². The number of hydrogen-bond acceptors (Lipinski definition) is 5. The van der Waals surface area contributed by atoms with E-state index in [4.69, 9.17) is 11.6 Å². The number of nitrogens with zero attached hydrogens (tertiary/aromatic N) is 3. The third-order valence-corrected chi connectivity index (χ3v) is 5.28. The minimum atomic E-state index is -0.612. The number of rotatable bonds is 4. The molecule has 0 aliphatic carbocycles. The number of halogens is 1. The molecule has 0 bridgehead atoms. The van der Waals surface area contributed by atoms with Gasteiger partial charge in [0.2, 0.25) is 5.91 Å². The first-order valence-corrected chi connectivity index (χ1v) is 9.79. The molecular weight excluding hydrogens is 378 g/mol. The van der Waals surface area contributed by atoms with Crippen molar-refractivity contribution in [3.05, 3.63) is 41.6 Å². The van der Waals surface area contributed by atoms with Crippen LogP contribution < -0.4 is 9.80 Å². The molecule has 1 aliphatic heterocycles. The Morgan fingerprint density at radius 3 is 2.46 bits per heavy atom. The molecule has 1 aliphatic rings. The number of β-amino-alcohol motifs (C(OH)–C–C–N with tert-alkyl or cyclic N) is 2. The molecule has 1 saturated heterocycles. The smallest absolute Gasteiger partial charge is 0.229 e. The van der Waals surface area contributed by atoms with Crippen LogP contribution in [0.3, 0.4) is 0 Å². The topological polar surface area (TPSA) is 76.9 Å². The Morgan fingerprint density at radius 2 is 1.86 bits per heavy atom. The first kappa shape index (κ1) is 20.6. The molecule has 1 aromatic heterocycles. The van der Waals surface area contributed by atoms with Gasteiger partial charge in [0.15, 0.2) is 0 Å². The van der Waals surface area contributed by atoms with E-state index in [-0.39, 0.29) is 11.8 Å².